The van der Waals surface area contributed by atoms with Crippen molar-refractivity contribution >= 4 is 17.7 Å². The van der Waals surface area contributed by atoms with Gasteiger partial charge in [0.25, 0.3) is 0 Å². The Morgan fingerprint density at radius 2 is 2.35 bits per heavy atom. The molecule has 0 amide bonds. The summed E-state index contributed by atoms with van der Waals surface area (Å²) in [4.78, 5) is 0. The summed E-state index contributed by atoms with van der Waals surface area (Å²) in [6.45, 7) is 2.07. The summed E-state index contributed by atoms with van der Waals surface area (Å²) in [5.74, 6) is 0. The van der Waals surface area contributed by atoms with Gasteiger partial charge in [-0.25, -0.2) is 0 Å². The standard InChI is InChI=1S/C13H20ClN3/c1-3-11-13(14)12(17(2)16-11)8-9-5-4-6-10(15)7-9/h8,10H,3-7,15H2,1-2H3. The van der Waals surface area contributed by atoms with E-state index in [-0.39, 0.29) is 0 Å². The molecule has 1 aliphatic rings. The van der Waals surface area contributed by atoms with Crippen LogP contribution in [-0.4, -0.2) is 15.8 Å². The van der Waals surface area contributed by atoms with Gasteiger partial charge in [-0.3, -0.25) is 4.68 Å². The topological polar surface area (TPSA) is 43.8 Å². The van der Waals surface area contributed by atoms with E-state index in [0.29, 0.717) is 6.04 Å². The van der Waals surface area contributed by atoms with E-state index in [0.717, 1.165) is 42.1 Å². The molecule has 1 aromatic heterocycles. The van der Waals surface area contributed by atoms with Crippen molar-refractivity contribution in [2.24, 2.45) is 12.8 Å². The lowest BCUT2D eigenvalue weighted by molar-refractivity contribution is 0.520. The normalized spacial score (nSPS) is 23.3. The van der Waals surface area contributed by atoms with Crippen LogP contribution in [0.4, 0.5) is 0 Å². The molecule has 1 fully saturated rings. The highest BCUT2D eigenvalue weighted by atomic mass is 35.5. The Labute approximate surface area is 108 Å². The van der Waals surface area contributed by atoms with Crippen molar-refractivity contribution < 1.29 is 0 Å². The molecular weight excluding hydrogens is 234 g/mol. The van der Waals surface area contributed by atoms with Crippen molar-refractivity contribution in [2.45, 2.75) is 45.1 Å². The number of aromatic nitrogens is 2. The first-order valence-electron chi connectivity index (χ1n) is 6.28. The highest BCUT2D eigenvalue weighted by molar-refractivity contribution is 6.32. The van der Waals surface area contributed by atoms with Crippen LogP contribution in [0.5, 0.6) is 0 Å². The molecule has 3 nitrogen and oxygen atoms in total. The fourth-order valence-corrected chi connectivity index (χ4v) is 2.76. The summed E-state index contributed by atoms with van der Waals surface area (Å²) in [7, 11) is 1.94. The average molecular weight is 254 g/mol. The van der Waals surface area contributed by atoms with Gasteiger partial charge in [0.1, 0.15) is 0 Å². The fourth-order valence-electron chi connectivity index (χ4n) is 2.41. The molecule has 1 unspecified atom stereocenters. The van der Waals surface area contributed by atoms with E-state index in [2.05, 4.69) is 18.1 Å². The van der Waals surface area contributed by atoms with E-state index in [4.69, 9.17) is 17.3 Å². The Hall–Kier alpha value is -0.800. The van der Waals surface area contributed by atoms with Crippen LogP contribution in [0.3, 0.4) is 0 Å². The molecule has 94 valence electrons. The molecule has 1 saturated carbocycles. The maximum absolute atomic E-state index is 6.33. The molecule has 2 N–H and O–H groups in total. The van der Waals surface area contributed by atoms with Gasteiger partial charge in [-0.2, -0.15) is 5.10 Å². The lowest BCUT2D eigenvalue weighted by atomic mass is 9.90. The van der Waals surface area contributed by atoms with Crippen LogP contribution in [0, 0.1) is 0 Å². The Balaban J connectivity index is 2.28. The highest BCUT2D eigenvalue weighted by Crippen LogP contribution is 2.28. The van der Waals surface area contributed by atoms with Crippen LogP contribution >= 0.6 is 11.6 Å². The molecule has 2 rings (SSSR count). The molecule has 0 radical (unpaired) electrons. The number of halogens is 1. The largest absolute Gasteiger partial charge is 0.327 e. The average Bonchev–Trinajstić information content (AvgIpc) is 2.56. The van der Waals surface area contributed by atoms with E-state index in [9.17, 15) is 0 Å². The van der Waals surface area contributed by atoms with Gasteiger partial charge in [-0.15, -0.1) is 0 Å². The zero-order chi connectivity index (χ0) is 12.4. The number of aryl methyl sites for hydroxylation is 2. The minimum Gasteiger partial charge on any atom is -0.327 e. The van der Waals surface area contributed by atoms with Gasteiger partial charge >= 0.3 is 0 Å². The Morgan fingerprint density at radius 3 is 2.94 bits per heavy atom. The molecule has 1 aliphatic carbocycles. The van der Waals surface area contributed by atoms with Crippen molar-refractivity contribution in [1.82, 2.24) is 9.78 Å². The van der Waals surface area contributed by atoms with Gasteiger partial charge in [-0.05, 0) is 38.2 Å². The second kappa shape index (κ2) is 5.23. The molecule has 0 aliphatic heterocycles. The van der Waals surface area contributed by atoms with Crippen molar-refractivity contribution in [1.29, 1.82) is 0 Å². The number of hydrogen-bond donors (Lipinski definition) is 1. The van der Waals surface area contributed by atoms with Gasteiger partial charge in [0, 0.05) is 13.1 Å². The maximum Gasteiger partial charge on any atom is 0.0891 e. The molecule has 0 spiro atoms. The number of nitrogens with zero attached hydrogens (tertiary/aromatic N) is 2. The summed E-state index contributed by atoms with van der Waals surface area (Å²) < 4.78 is 1.87. The summed E-state index contributed by atoms with van der Waals surface area (Å²) in [6.07, 6.45) is 7.49. The molecule has 0 saturated heterocycles. The van der Waals surface area contributed by atoms with Crippen molar-refractivity contribution in [2.75, 3.05) is 0 Å². The van der Waals surface area contributed by atoms with Crippen LogP contribution in [0.2, 0.25) is 5.02 Å². The number of nitrogens with two attached hydrogens (primary N) is 1. The smallest absolute Gasteiger partial charge is 0.0891 e. The minimum absolute atomic E-state index is 0.313. The highest BCUT2D eigenvalue weighted by Gasteiger charge is 2.16. The Morgan fingerprint density at radius 1 is 1.59 bits per heavy atom. The molecule has 1 atom stereocenters. The quantitative estimate of drug-likeness (QED) is 0.881. The fraction of sp³-hybridized carbons (Fsp3) is 0.615. The summed E-state index contributed by atoms with van der Waals surface area (Å²) in [5.41, 5.74) is 9.38. The Bertz CT molecular complexity index is 434. The molecule has 0 bridgehead atoms. The van der Waals surface area contributed by atoms with Crippen molar-refractivity contribution in [3.63, 3.8) is 0 Å². The van der Waals surface area contributed by atoms with Crippen LogP contribution in [0.1, 0.15) is 44.0 Å². The minimum atomic E-state index is 0.313. The number of hydrogen-bond acceptors (Lipinski definition) is 2. The Kier molecular flexibility index (Phi) is 3.89. The summed E-state index contributed by atoms with van der Waals surface area (Å²) in [6, 6.07) is 0.313. The van der Waals surface area contributed by atoms with Gasteiger partial charge in [0.15, 0.2) is 0 Å². The van der Waals surface area contributed by atoms with Gasteiger partial charge in [0.05, 0.1) is 16.4 Å². The molecule has 17 heavy (non-hydrogen) atoms. The first kappa shape index (κ1) is 12.7. The molecule has 1 heterocycles. The SMILES string of the molecule is CCc1nn(C)c(C=C2CCCC(N)C2)c1Cl. The van der Waals surface area contributed by atoms with Gasteiger partial charge in [-0.1, -0.05) is 24.1 Å². The van der Waals surface area contributed by atoms with Crippen LogP contribution in [0.15, 0.2) is 5.57 Å². The predicted octanol–water partition coefficient (Wildman–Crippen LogP) is 2.92. The first-order chi connectivity index (χ1) is 8.11. The van der Waals surface area contributed by atoms with E-state index < -0.39 is 0 Å². The second-order valence-corrected chi connectivity index (χ2v) is 5.16. The number of rotatable bonds is 2. The van der Waals surface area contributed by atoms with E-state index in [1.165, 1.54) is 12.0 Å². The molecule has 0 aromatic carbocycles. The lowest BCUT2D eigenvalue weighted by Crippen LogP contribution is -2.23. The third-order valence-corrected chi connectivity index (χ3v) is 3.78. The molecule has 4 heteroatoms. The van der Waals surface area contributed by atoms with Crippen LogP contribution in [-0.2, 0) is 13.5 Å². The van der Waals surface area contributed by atoms with Crippen LogP contribution in [0.25, 0.3) is 6.08 Å². The van der Waals surface area contributed by atoms with Gasteiger partial charge in [0.2, 0.25) is 0 Å². The van der Waals surface area contributed by atoms with Crippen molar-refractivity contribution in [3.05, 3.63) is 22.0 Å². The van der Waals surface area contributed by atoms with Crippen LogP contribution < -0.4 is 5.73 Å². The monoisotopic (exact) mass is 253 g/mol. The summed E-state index contributed by atoms with van der Waals surface area (Å²) in [5, 5.41) is 5.22. The van der Waals surface area contributed by atoms with E-state index in [1.807, 2.05) is 11.7 Å². The lowest BCUT2D eigenvalue weighted by Gasteiger charge is -2.20. The zero-order valence-electron chi connectivity index (χ0n) is 10.5. The van der Waals surface area contributed by atoms with E-state index in [1.54, 1.807) is 0 Å². The zero-order valence-corrected chi connectivity index (χ0v) is 11.3. The predicted molar refractivity (Wildman–Crippen MR) is 72.0 cm³/mol. The third kappa shape index (κ3) is 2.72. The van der Waals surface area contributed by atoms with Crippen molar-refractivity contribution in [3.8, 4) is 0 Å². The van der Waals surface area contributed by atoms with E-state index >= 15 is 0 Å². The third-order valence-electron chi connectivity index (χ3n) is 3.37. The second-order valence-electron chi connectivity index (χ2n) is 4.78. The molecule has 1 aromatic rings. The summed E-state index contributed by atoms with van der Waals surface area (Å²) >= 11 is 6.33. The first-order valence-corrected chi connectivity index (χ1v) is 6.66. The molecular formula is C13H20ClN3. The van der Waals surface area contributed by atoms with Gasteiger partial charge < -0.3 is 5.73 Å². The maximum atomic E-state index is 6.33.